The van der Waals surface area contributed by atoms with Gasteiger partial charge < -0.3 is 25.2 Å². The molecule has 0 spiro atoms. The molecule has 6 heteroatoms. The first-order valence-electron chi connectivity index (χ1n) is 12.0. The Morgan fingerprint density at radius 1 is 1.09 bits per heavy atom. The van der Waals surface area contributed by atoms with Crippen LogP contribution in [-0.2, 0) is 16.0 Å². The summed E-state index contributed by atoms with van der Waals surface area (Å²) < 4.78 is 4.94. The number of carbonyl (C=O) groups is 1. The summed E-state index contributed by atoms with van der Waals surface area (Å²) in [7, 11) is 0. The summed E-state index contributed by atoms with van der Waals surface area (Å²) in [5.74, 6) is 0.251. The third-order valence-corrected chi connectivity index (χ3v) is 6.44. The number of hydrogen-bond acceptors (Lipinski definition) is 6. The summed E-state index contributed by atoms with van der Waals surface area (Å²) in [6.45, 7) is -0.756. The van der Waals surface area contributed by atoms with Gasteiger partial charge in [-0.1, -0.05) is 42.5 Å². The van der Waals surface area contributed by atoms with Crippen LogP contribution in [0.1, 0.15) is 63.4 Å². The summed E-state index contributed by atoms with van der Waals surface area (Å²) in [5.41, 5.74) is 1.25. The molecule has 0 amide bonds. The predicted molar refractivity (Wildman–Crippen MR) is 124 cm³/mol. The van der Waals surface area contributed by atoms with Gasteiger partial charge in [0.2, 0.25) is 0 Å². The second-order valence-electron chi connectivity index (χ2n) is 8.90. The van der Waals surface area contributed by atoms with Crippen molar-refractivity contribution < 1.29 is 30.0 Å². The van der Waals surface area contributed by atoms with E-state index < -0.39 is 12.1 Å². The van der Waals surface area contributed by atoms with Crippen LogP contribution < -0.4 is 0 Å². The van der Waals surface area contributed by atoms with Crippen molar-refractivity contribution in [2.24, 2.45) is 11.8 Å². The van der Waals surface area contributed by atoms with Crippen molar-refractivity contribution in [2.75, 3.05) is 13.2 Å². The predicted octanol–water partition coefficient (Wildman–Crippen LogP) is 3.16. The number of unbranched alkanes of at least 4 members (excludes halogenated alkanes) is 1. The van der Waals surface area contributed by atoms with Gasteiger partial charge in [0.1, 0.15) is 6.10 Å². The first-order valence-corrected chi connectivity index (χ1v) is 12.0. The molecule has 1 saturated carbocycles. The smallest absolute Gasteiger partial charge is 0.306 e. The Hall–Kier alpha value is -1.73. The lowest BCUT2D eigenvalue weighted by molar-refractivity contribution is -0.153. The van der Waals surface area contributed by atoms with E-state index in [9.17, 15) is 15.0 Å². The van der Waals surface area contributed by atoms with E-state index in [0.717, 1.165) is 51.4 Å². The second-order valence-corrected chi connectivity index (χ2v) is 8.90. The lowest BCUT2D eigenvalue weighted by Crippen LogP contribution is -2.25. The van der Waals surface area contributed by atoms with Crippen LogP contribution in [0.3, 0.4) is 0 Å². The third-order valence-electron chi connectivity index (χ3n) is 6.44. The van der Waals surface area contributed by atoms with Gasteiger partial charge in [-0.25, -0.2) is 0 Å². The minimum atomic E-state index is -0.837. The maximum Gasteiger partial charge on any atom is 0.306 e. The number of aliphatic hydroxyl groups is 4. The van der Waals surface area contributed by atoms with E-state index in [-0.39, 0.29) is 37.8 Å². The molecule has 0 aromatic heterocycles. The van der Waals surface area contributed by atoms with Crippen molar-refractivity contribution in [2.45, 2.75) is 82.5 Å². The van der Waals surface area contributed by atoms with Crippen LogP contribution in [0.5, 0.6) is 0 Å². The van der Waals surface area contributed by atoms with E-state index in [2.05, 4.69) is 18.2 Å². The SMILES string of the molecule is O=C(CCC/C=C\C[C@@H]1[C@@H](CC[C@@H](O)CCc2ccccc2)CC[C@@H]1O)OC(CO)CO. The first-order chi connectivity index (χ1) is 15.5. The minimum Gasteiger partial charge on any atom is -0.457 e. The van der Waals surface area contributed by atoms with Gasteiger partial charge in [-0.3, -0.25) is 4.79 Å². The molecule has 1 aromatic carbocycles. The van der Waals surface area contributed by atoms with Gasteiger partial charge >= 0.3 is 5.97 Å². The molecule has 1 aromatic rings. The highest BCUT2D eigenvalue weighted by molar-refractivity contribution is 5.69. The maximum atomic E-state index is 11.6. The molecule has 1 fully saturated rings. The molecule has 0 saturated heterocycles. The van der Waals surface area contributed by atoms with Crippen LogP contribution in [0.15, 0.2) is 42.5 Å². The Morgan fingerprint density at radius 2 is 1.84 bits per heavy atom. The van der Waals surface area contributed by atoms with E-state index in [0.29, 0.717) is 12.3 Å². The molecule has 1 aliphatic rings. The van der Waals surface area contributed by atoms with Gasteiger partial charge in [-0.2, -0.15) is 0 Å². The summed E-state index contributed by atoms with van der Waals surface area (Å²) in [5, 5.41) is 38.6. The molecule has 4 N–H and O–H groups in total. The summed E-state index contributed by atoms with van der Waals surface area (Å²) in [6.07, 6.45) is 10.3. The first kappa shape index (κ1) is 26.5. The average Bonchev–Trinajstić information content (AvgIpc) is 3.16. The Labute approximate surface area is 191 Å². The van der Waals surface area contributed by atoms with Crippen LogP contribution in [0.25, 0.3) is 0 Å². The Balaban J connectivity index is 1.63. The molecule has 180 valence electrons. The number of carbonyl (C=O) groups excluding carboxylic acids is 1. The maximum absolute atomic E-state index is 11.6. The molecule has 0 unspecified atom stereocenters. The van der Waals surface area contributed by atoms with Crippen LogP contribution in [0.2, 0.25) is 0 Å². The molecular weight excluding hydrogens is 408 g/mol. The second kappa shape index (κ2) is 15.2. The number of ether oxygens (including phenoxy) is 1. The molecule has 4 atom stereocenters. The Kier molecular flexibility index (Phi) is 12.6. The number of esters is 1. The van der Waals surface area contributed by atoms with Crippen molar-refractivity contribution in [1.82, 2.24) is 0 Å². The van der Waals surface area contributed by atoms with Crippen molar-refractivity contribution in [1.29, 1.82) is 0 Å². The van der Waals surface area contributed by atoms with Gasteiger partial charge in [0.05, 0.1) is 25.4 Å². The fraction of sp³-hybridized carbons (Fsp3) is 0.654. The zero-order valence-electron chi connectivity index (χ0n) is 19.0. The topological polar surface area (TPSA) is 107 Å². The quantitative estimate of drug-likeness (QED) is 0.187. The van der Waals surface area contributed by atoms with Crippen molar-refractivity contribution in [3.63, 3.8) is 0 Å². The molecule has 1 aliphatic carbocycles. The number of benzene rings is 1. The lowest BCUT2D eigenvalue weighted by atomic mass is 9.86. The molecule has 0 aliphatic heterocycles. The van der Waals surface area contributed by atoms with Gasteiger partial charge in [0.15, 0.2) is 0 Å². The highest BCUT2D eigenvalue weighted by Gasteiger charge is 2.33. The average molecular weight is 449 g/mol. The van der Waals surface area contributed by atoms with Gasteiger partial charge in [-0.15, -0.1) is 0 Å². The monoisotopic (exact) mass is 448 g/mol. The normalized spacial score (nSPS) is 22.0. The fourth-order valence-electron chi connectivity index (χ4n) is 4.48. The Morgan fingerprint density at radius 3 is 2.56 bits per heavy atom. The van der Waals surface area contributed by atoms with Crippen LogP contribution in [-0.4, -0.2) is 57.9 Å². The van der Waals surface area contributed by atoms with E-state index in [1.54, 1.807) is 0 Å². The third kappa shape index (κ3) is 9.82. The summed E-state index contributed by atoms with van der Waals surface area (Å²) >= 11 is 0. The van der Waals surface area contributed by atoms with Crippen molar-refractivity contribution in [3.8, 4) is 0 Å². The molecule has 0 radical (unpaired) electrons. The molecule has 6 nitrogen and oxygen atoms in total. The number of hydrogen-bond donors (Lipinski definition) is 4. The lowest BCUT2D eigenvalue weighted by Gasteiger charge is -2.22. The van der Waals surface area contributed by atoms with E-state index in [1.807, 2.05) is 24.3 Å². The number of aryl methyl sites for hydroxylation is 1. The summed E-state index contributed by atoms with van der Waals surface area (Å²) in [4.78, 5) is 11.6. The molecule has 2 rings (SSSR count). The van der Waals surface area contributed by atoms with Crippen LogP contribution in [0, 0.1) is 11.8 Å². The van der Waals surface area contributed by atoms with Crippen molar-refractivity contribution >= 4 is 5.97 Å². The molecular formula is C26H40O6. The zero-order valence-corrected chi connectivity index (χ0v) is 19.0. The largest absolute Gasteiger partial charge is 0.457 e. The number of aliphatic hydroxyl groups excluding tert-OH is 4. The molecule has 0 bridgehead atoms. The van der Waals surface area contributed by atoms with Gasteiger partial charge in [-0.05, 0) is 75.2 Å². The van der Waals surface area contributed by atoms with Crippen LogP contribution >= 0.6 is 0 Å². The zero-order chi connectivity index (χ0) is 23.2. The number of allylic oxidation sites excluding steroid dienone is 2. The van der Waals surface area contributed by atoms with E-state index >= 15 is 0 Å². The van der Waals surface area contributed by atoms with Gasteiger partial charge in [0.25, 0.3) is 0 Å². The van der Waals surface area contributed by atoms with E-state index in [4.69, 9.17) is 14.9 Å². The fourth-order valence-corrected chi connectivity index (χ4v) is 4.48. The van der Waals surface area contributed by atoms with Crippen molar-refractivity contribution in [3.05, 3.63) is 48.0 Å². The summed E-state index contributed by atoms with van der Waals surface area (Å²) in [6, 6.07) is 10.2. The Bertz CT molecular complexity index is 658. The molecule has 0 heterocycles. The highest BCUT2D eigenvalue weighted by atomic mass is 16.6. The van der Waals surface area contributed by atoms with E-state index in [1.165, 1.54) is 5.56 Å². The highest BCUT2D eigenvalue weighted by Crippen LogP contribution is 2.38. The molecule has 32 heavy (non-hydrogen) atoms. The standard InChI is InChI=1S/C26H40O6/c27-18-23(19-28)32-26(31)11-7-2-1-6-10-24-21(14-17-25(24)30)13-16-22(29)15-12-20-8-4-3-5-9-20/h1,3-6,8-9,21-25,27-30H,2,7,10-19H2/b6-1-/t21-,22-,24+,25-/m0/s1. The van der Waals surface area contributed by atoms with Crippen LogP contribution in [0.4, 0.5) is 0 Å². The number of rotatable bonds is 15. The van der Waals surface area contributed by atoms with Gasteiger partial charge in [0, 0.05) is 6.42 Å². The minimum absolute atomic E-state index is 0.229.